The van der Waals surface area contributed by atoms with E-state index < -0.39 is 47.7 Å². The van der Waals surface area contributed by atoms with Crippen LogP contribution < -0.4 is 11.1 Å². The van der Waals surface area contributed by atoms with Gasteiger partial charge in [0.25, 0.3) is 11.8 Å². The fraction of sp³-hybridized carbons (Fsp3) is 0.524. The van der Waals surface area contributed by atoms with Crippen molar-refractivity contribution in [2.75, 3.05) is 32.3 Å². The van der Waals surface area contributed by atoms with E-state index in [4.69, 9.17) is 29.5 Å². The lowest BCUT2D eigenvalue weighted by Crippen LogP contribution is -2.71. The Kier molecular flexibility index (Phi) is 9.34. The number of thiazole rings is 1. The quantitative estimate of drug-likeness (QED) is 0.136. The summed E-state index contributed by atoms with van der Waals surface area (Å²) in [5.74, 6) is -1.78. The molecule has 3 unspecified atom stereocenters. The molecule has 3 rings (SSSR count). The predicted molar refractivity (Wildman–Crippen MR) is 132 cm³/mol. The molecule has 1 saturated heterocycles. The van der Waals surface area contributed by atoms with Crippen molar-refractivity contribution in [3.8, 4) is 0 Å². The molecule has 3 atom stereocenters. The van der Waals surface area contributed by atoms with Crippen LogP contribution in [0.4, 0.5) is 9.93 Å². The van der Waals surface area contributed by atoms with Crippen molar-refractivity contribution >= 4 is 57.9 Å². The van der Waals surface area contributed by atoms with Crippen molar-refractivity contribution in [2.24, 2.45) is 5.16 Å². The van der Waals surface area contributed by atoms with Gasteiger partial charge in [-0.15, -0.1) is 11.8 Å². The molecule has 1 aromatic rings. The van der Waals surface area contributed by atoms with Gasteiger partial charge in [-0.1, -0.05) is 16.5 Å². The largest absolute Gasteiger partial charge is 0.511 e. The van der Waals surface area contributed by atoms with Crippen LogP contribution in [0.3, 0.4) is 0 Å². The van der Waals surface area contributed by atoms with E-state index in [1.54, 1.807) is 13.8 Å². The SMILES string of the molecule is COCC1=C(C(=O)OC(C)OC(=O)OC(C)C)N2C(=O)C(NC(=O)/C(=N\OC)c3cnc(N)s3)C2SC1. The van der Waals surface area contributed by atoms with Crippen LogP contribution in [0.2, 0.25) is 0 Å². The monoisotopic (exact) mass is 557 g/mol. The van der Waals surface area contributed by atoms with Crippen molar-refractivity contribution in [2.45, 2.75) is 44.6 Å². The number of β-lactam (4-membered cyclic amide) rings is 1. The molecule has 3 heterocycles. The molecular weight excluding hydrogens is 530 g/mol. The van der Waals surface area contributed by atoms with Gasteiger partial charge in [0.2, 0.25) is 6.29 Å². The molecule has 0 aliphatic carbocycles. The molecule has 0 radical (unpaired) electrons. The maximum absolute atomic E-state index is 13.1. The number of rotatable bonds is 10. The number of hydrogen-bond acceptors (Lipinski definition) is 14. The van der Waals surface area contributed by atoms with E-state index in [1.165, 1.54) is 44.0 Å². The van der Waals surface area contributed by atoms with Gasteiger partial charge in [0.1, 0.15) is 24.2 Å². The third-order valence-electron chi connectivity index (χ3n) is 4.87. The molecule has 2 aliphatic rings. The number of thioether (sulfide) groups is 1. The molecule has 202 valence electrons. The summed E-state index contributed by atoms with van der Waals surface area (Å²) in [6, 6.07) is -0.952. The number of anilines is 1. The van der Waals surface area contributed by atoms with Crippen molar-refractivity contribution < 1.29 is 43.0 Å². The topological polar surface area (TPSA) is 181 Å². The van der Waals surface area contributed by atoms with Gasteiger partial charge in [-0.05, 0) is 19.4 Å². The number of oxime groups is 1. The third-order valence-corrected chi connectivity index (χ3v) is 7.04. The summed E-state index contributed by atoms with van der Waals surface area (Å²) >= 11 is 2.37. The number of nitrogens with one attached hydrogen (secondary N) is 1. The van der Waals surface area contributed by atoms with Crippen LogP contribution in [0.1, 0.15) is 25.6 Å². The van der Waals surface area contributed by atoms with Gasteiger partial charge in [-0.3, -0.25) is 14.5 Å². The molecule has 0 saturated carbocycles. The van der Waals surface area contributed by atoms with Crippen molar-refractivity contribution in [1.82, 2.24) is 15.2 Å². The zero-order valence-corrected chi connectivity index (χ0v) is 22.3. The summed E-state index contributed by atoms with van der Waals surface area (Å²) in [6.45, 7) is 4.68. The number of nitrogen functional groups attached to an aromatic ring is 1. The van der Waals surface area contributed by atoms with Gasteiger partial charge in [0.15, 0.2) is 10.8 Å². The first kappa shape index (κ1) is 28.2. The number of esters is 1. The van der Waals surface area contributed by atoms with Crippen LogP contribution in [-0.4, -0.2) is 89.9 Å². The smallest absolute Gasteiger partial charge is 0.431 e. The highest BCUT2D eigenvalue weighted by atomic mass is 32.2. The lowest BCUT2D eigenvalue weighted by Gasteiger charge is -2.49. The average Bonchev–Trinajstić information content (AvgIpc) is 3.25. The minimum absolute atomic E-state index is 0.0326. The minimum atomic E-state index is -1.28. The van der Waals surface area contributed by atoms with Gasteiger partial charge < -0.3 is 34.8 Å². The highest BCUT2D eigenvalue weighted by molar-refractivity contribution is 8.00. The molecule has 0 aromatic carbocycles. The number of nitrogens with two attached hydrogens (primary N) is 1. The average molecular weight is 558 g/mol. The van der Waals surface area contributed by atoms with Crippen LogP contribution in [0.25, 0.3) is 0 Å². The maximum atomic E-state index is 13.1. The lowest BCUT2D eigenvalue weighted by atomic mass is 10.0. The third kappa shape index (κ3) is 6.50. The van der Waals surface area contributed by atoms with Crippen LogP contribution in [0.5, 0.6) is 0 Å². The van der Waals surface area contributed by atoms with Crippen LogP contribution in [-0.2, 0) is 38.2 Å². The first-order chi connectivity index (χ1) is 17.6. The molecular formula is C21H27N5O9S2. The Morgan fingerprint density at radius 1 is 1.24 bits per heavy atom. The summed E-state index contributed by atoms with van der Waals surface area (Å²) in [4.78, 5) is 61.0. The van der Waals surface area contributed by atoms with E-state index in [0.717, 1.165) is 11.3 Å². The van der Waals surface area contributed by atoms with Gasteiger partial charge >= 0.3 is 12.1 Å². The fourth-order valence-electron chi connectivity index (χ4n) is 3.44. The van der Waals surface area contributed by atoms with E-state index in [2.05, 4.69) is 15.5 Å². The number of methoxy groups -OCH3 is 1. The number of carbonyl (C=O) groups excluding carboxylic acids is 4. The first-order valence-electron chi connectivity index (χ1n) is 10.9. The highest BCUT2D eigenvalue weighted by Gasteiger charge is 2.55. The molecule has 0 bridgehead atoms. The second-order valence-electron chi connectivity index (χ2n) is 7.94. The molecule has 14 nitrogen and oxygen atoms in total. The van der Waals surface area contributed by atoms with E-state index in [0.29, 0.717) is 16.2 Å². The molecule has 3 N–H and O–H groups in total. The zero-order valence-electron chi connectivity index (χ0n) is 20.7. The minimum Gasteiger partial charge on any atom is -0.431 e. The normalized spacial score (nSPS) is 20.1. The zero-order chi connectivity index (χ0) is 27.3. The molecule has 0 spiro atoms. The molecule has 1 fully saturated rings. The second-order valence-corrected chi connectivity index (χ2v) is 10.1. The predicted octanol–water partition coefficient (Wildman–Crippen LogP) is 0.827. The summed E-state index contributed by atoms with van der Waals surface area (Å²) in [5, 5.41) is 6.00. The Morgan fingerprint density at radius 3 is 2.57 bits per heavy atom. The number of ether oxygens (including phenoxy) is 4. The summed E-state index contributed by atoms with van der Waals surface area (Å²) in [7, 11) is 2.72. The van der Waals surface area contributed by atoms with Crippen molar-refractivity contribution in [1.29, 1.82) is 0 Å². The summed E-state index contributed by atoms with van der Waals surface area (Å²) in [5.41, 5.74) is 6.02. The Labute approximate surface area is 220 Å². The standard InChI is InChI=1S/C21H27N5O9S2/c1-9(2)33-21(30)35-10(3)34-19(29)15-11(7-31-4)8-36-18-14(17(28)26(15)18)24-16(27)13(25-32-5)12-6-23-20(22)37-12/h6,9-10,14,18H,7-8H2,1-5H3,(H2,22,23)(H,24,27)/b25-13-. The molecule has 2 amide bonds. The number of aromatic nitrogens is 1. The second kappa shape index (κ2) is 12.2. The summed E-state index contributed by atoms with van der Waals surface area (Å²) < 4.78 is 20.2. The van der Waals surface area contributed by atoms with Crippen LogP contribution >= 0.6 is 23.1 Å². The molecule has 1 aromatic heterocycles. The molecule has 16 heteroatoms. The van der Waals surface area contributed by atoms with Crippen molar-refractivity contribution in [3.05, 3.63) is 22.3 Å². The molecule has 37 heavy (non-hydrogen) atoms. The van der Waals surface area contributed by atoms with Gasteiger partial charge in [0.05, 0.1) is 17.6 Å². The fourth-order valence-corrected chi connectivity index (χ4v) is 5.43. The first-order valence-corrected chi connectivity index (χ1v) is 12.8. The maximum Gasteiger partial charge on any atom is 0.511 e. The van der Waals surface area contributed by atoms with Gasteiger partial charge in [-0.25, -0.2) is 14.6 Å². The van der Waals surface area contributed by atoms with Gasteiger partial charge in [-0.2, -0.15) is 0 Å². The number of fused-ring (bicyclic) bond motifs is 1. The number of carbonyl (C=O) groups is 4. The van der Waals surface area contributed by atoms with E-state index in [-0.39, 0.29) is 23.1 Å². The van der Waals surface area contributed by atoms with Crippen molar-refractivity contribution in [3.63, 3.8) is 0 Å². The van der Waals surface area contributed by atoms with E-state index in [9.17, 15) is 19.2 Å². The molecule has 2 aliphatic heterocycles. The van der Waals surface area contributed by atoms with Gasteiger partial charge in [0, 0.05) is 26.0 Å². The van der Waals surface area contributed by atoms with E-state index >= 15 is 0 Å². The lowest BCUT2D eigenvalue weighted by molar-refractivity contribution is -0.169. The Hall–Kier alpha value is -3.37. The van der Waals surface area contributed by atoms with E-state index in [1.807, 2.05) is 0 Å². The highest BCUT2D eigenvalue weighted by Crippen LogP contribution is 2.41. The Bertz CT molecular complexity index is 1120. The summed E-state index contributed by atoms with van der Waals surface area (Å²) in [6.07, 6.45) is -1.33. The van der Waals surface area contributed by atoms with Crippen LogP contribution in [0.15, 0.2) is 22.6 Å². The van der Waals surface area contributed by atoms with Crippen LogP contribution in [0, 0.1) is 0 Å². The number of hydrogen-bond donors (Lipinski definition) is 2. The number of amides is 2. The number of nitrogens with zero attached hydrogens (tertiary/aromatic N) is 3. The Balaban J connectivity index is 1.74. The Morgan fingerprint density at radius 2 is 1.97 bits per heavy atom.